The summed E-state index contributed by atoms with van der Waals surface area (Å²) in [5.41, 5.74) is 0. The fourth-order valence-corrected chi connectivity index (χ4v) is 2.53. The largest absolute Gasteiger partial charge is 0.460 e. The molecule has 0 aromatic carbocycles. The Morgan fingerprint density at radius 2 is 0.415 bits per heavy atom. The summed E-state index contributed by atoms with van der Waals surface area (Å²) in [6.07, 6.45) is -8.24. The van der Waals surface area contributed by atoms with Gasteiger partial charge in [0.05, 0.1) is 0 Å². The van der Waals surface area contributed by atoms with Crippen LogP contribution in [0.4, 0.5) is 114 Å². The van der Waals surface area contributed by atoms with Crippen LogP contribution in [-0.2, 0) is 10.2 Å². The van der Waals surface area contributed by atoms with E-state index in [-0.39, 0.29) is 0 Å². The Morgan fingerprint density at radius 3 is 0.561 bits per heavy atom. The van der Waals surface area contributed by atoms with Gasteiger partial charge in [-0.1, -0.05) is 3.89 Å². The lowest BCUT2D eigenvalue weighted by atomic mass is 9.85. The Balaban J connectivity index is 7.45. The van der Waals surface area contributed by atoms with Crippen molar-refractivity contribution in [2.45, 2.75) is 70.7 Å². The van der Waals surface area contributed by atoms with Crippen LogP contribution < -0.4 is 0 Å². The minimum absolute atomic E-state index is 8.24. The van der Waals surface area contributed by atoms with Crippen LogP contribution in [0.5, 0.6) is 0 Å². The van der Waals surface area contributed by atoms with Crippen molar-refractivity contribution in [3.05, 3.63) is 0 Å². The SMILES string of the molecule is O=S(=O)(F)C(F)(F)C(F)(F)C(F)(F)C(F)(F)C(F)(F)C(F)(F)C(F)(F)C(F)(F)C(F)(F)C(F)(F)C(F)(F)C(F)(F)F. The van der Waals surface area contributed by atoms with Gasteiger partial charge in [0.25, 0.3) is 0 Å². The predicted molar refractivity (Wildman–Crippen MR) is 70.5 cm³/mol. The molecule has 0 atom stereocenters. The minimum atomic E-state index is -9.79. The molecule has 0 aromatic rings. The van der Waals surface area contributed by atoms with Gasteiger partial charge in [0, 0.05) is 0 Å². The topological polar surface area (TPSA) is 34.1 Å². The van der Waals surface area contributed by atoms with Crippen molar-refractivity contribution >= 4 is 10.2 Å². The lowest BCUT2D eigenvalue weighted by Gasteiger charge is -2.45. The number of hydrogen-bond acceptors (Lipinski definition) is 2. The van der Waals surface area contributed by atoms with E-state index in [1.54, 1.807) is 0 Å². The van der Waals surface area contributed by atoms with E-state index >= 15 is 0 Å². The first-order valence-corrected chi connectivity index (χ1v) is 9.55. The normalized spacial score (nSPS) is 17.2. The van der Waals surface area contributed by atoms with Crippen molar-refractivity contribution in [3.8, 4) is 0 Å². The van der Waals surface area contributed by atoms with E-state index in [0.717, 1.165) is 0 Å². The van der Waals surface area contributed by atoms with Crippen molar-refractivity contribution in [1.82, 2.24) is 0 Å². The Morgan fingerprint density at radius 1 is 0.268 bits per heavy atom. The first-order chi connectivity index (χ1) is 17.0. The molecule has 0 heterocycles. The van der Waals surface area contributed by atoms with Gasteiger partial charge in [0.1, 0.15) is 0 Å². The summed E-state index contributed by atoms with van der Waals surface area (Å²) in [5.74, 6) is -94.4. The average molecular weight is 702 g/mol. The zero-order valence-electron chi connectivity index (χ0n) is 17.1. The van der Waals surface area contributed by atoms with Crippen LogP contribution in [-0.4, -0.2) is 79.1 Å². The molecule has 41 heavy (non-hydrogen) atoms. The lowest BCUT2D eigenvalue weighted by molar-refractivity contribution is -0.480. The van der Waals surface area contributed by atoms with E-state index in [0.29, 0.717) is 0 Å². The summed E-state index contributed by atoms with van der Waals surface area (Å²) < 4.78 is 358. The van der Waals surface area contributed by atoms with Crippen LogP contribution in [0.15, 0.2) is 0 Å². The fourth-order valence-electron chi connectivity index (χ4n) is 2.09. The molecule has 0 saturated carbocycles. The van der Waals surface area contributed by atoms with Gasteiger partial charge in [-0.05, 0) is 0 Å². The summed E-state index contributed by atoms with van der Waals surface area (Å²) in [5, 5.41) is -8.44. The van der Waals surface area contributed by atoms with Crippen molar-refractivity contribution in [3.63, 3.8) is 0 Å². The van der Waals surface area contributed by atoms with Crippen molar-refractivity contribution < 1.29 is 122 Å². The second-order valence-corrected chi connectivity index (χ2v) is 8.58. The van der Waals surface area contributed by atoms with E-state index in [1.807, 2.05) is 0 Å². The molecule has 0 N–H and O–H groups in total. The second-order valence-electron chi connectivity index (χ2n) is 7.20. The maximum atomic E-state index is 13.5. The quantitative estimate of drug-likeness (QED) is 0.163. The smallest absolute Gasteiger partial charge is 0.192 e. The molecule has 29 heteroatoms. The molecule has 2 nitrogen and oxygen atoms in total. The Hall–Kier alpha value is -1.87. The second kappa shape index (κ2) is 9.07. The highest BCUT2D eigenvalue weighted by atomic mass is 32.3. The lowest BCUT2D eigenvalue weighted by Crippen LogP contribution is -2.78. The monoisotopic (exact) mass is 702 g/mol. The number of hydrogen-bond donors (Lipinski definition) is 0. The Labute approximate surface area is 204 Å². The van der Waals surface area contributed by atoms with Crippen LogP contribution >= 0.6 is 0 Å². The summed E-state index contributed by atoms with van der Waals surface area (Å²) in [6, 6.07) is 0. The Kier molecular flexibility index (Phi) is 8.66. The number of alkyl halides is 25. The van der Waals surface area contributed by atoms with Crippen molar-refractivity contribution in [2.75, 3.05) is 0 Å². The highest BCUT2D eigenvalue weighted by molar-refractivity contribution is 7.87. The molecule has 0 spiro atoms. The van der Waals surface area contributed by atoms with Crippen molar-refractivity contribution in [1.29, 1.82) is 0 Å². The van der Waals surface area contributed by atoms with E-state index < -0.39 is 80.9 Å². The fraction of sp³-hybridized carbons (Fsp3) is 1.00. The van der Waals surface area contributed by atoms with Crippen LogP contribution in [0.1, 0.15) is 0 Å². The van der Waals surface area contributed by atoms with Gasteiger partial charge in [-0.25, -0.2) is 0 Å². The van der Waals surface area contributed by atoms with E-state index in [1.165, 1.54) is 0 Å². The molecule has 0 aromatic heterocycles. The first kappa shape index (κ1) is 39.1. The van der Waals surface area contributed by atoms with Gasteiger partial charge < -0.3 is 0 Å². The average Bonchev–Trinajstić information content (AvgIpc) is 2.70. The number of rotatable bonds is 11. The molecular formula is C12F26O2S. The molecule has 248 valence electrons. The van der Waals surface area contributed by atoms with Crippen LogP contribution in [0.2, 0.25) is 0 Å². The third kappa shape index (κ3) is 4.42. The molecule has 0 aliphatic rings. The first-order valence-electron chi connectivity index (χ1n) is 8.17. The van der Waals surface area contributed by atoms with E-state index in [4.69, 9.17) is 0 Å². The minimum Gasteiger partial charge on any atom is -0.192 e. The summed E-state index contributed by atoms with van der Waals surface area (Å²) in [7, 11) is -8.74. The highest BCUT2D eigenvalue weighted by Crippen LogP contribution is 2.68. The van der Waals surface area contributed by atoms with E-state index in [9.17, 15) is 122 Å². The summed E-state index contributed by atoms with van der Waals surface area (Å²) in [4.78, 5) is 0. The van der Waals surface area contributed by atoms with Gasteiger partial charge in [-0.2, -0.15) is 118 Å². The third-order valence-corrected chi connectivity index (χ3v) is 5.45. The van der Waals surface area contributed by atoms with Crippen molar-refractivity contribution in [2.24, 2.45) is 0 Å². The van der Waals surface area contributed by atoms with Gasteiger partial charge in [0.15, 0.2) is 0 Å². The molecule has 0 unspecified atom stereocenters. The summed E-state index contributed by atoms with van der Waals surface area (Å²) >= 11 is 0. The van der Waals surface area contributed by atoms with Crippen LogP contribution in [0, 0.1) is 0 Å². The Bertz CT molecular complexity index is 1090. The molecule has 0 amide bonds. The molecule has 0 saturated heterocycles. The van der Waals surface area contributed by atoms with Gasteiger partial charge in [-0.15, -0.1) is 0 Å². The molecule has 0 radical (unpaired) electrons. The molecule has 0 aliphatic heterocycles. The number of halogens is 26. The summed E-state index contributed by atoms with van der Waals surface area (Å²) in [6.45, 7) is 0. The molecule has 0 bridgehead atoms. The molecule has 0 aliphatic carbocycles. The molecular weight excluding hydrogens is 702 g/mol. The van der Waals surface area contributed by atoms with E-state index in [2.05, 4.69) is 0 Å². The van der Waals surface area contributed by atoms with Crippen LogP contribution in [0.25, 0.3) is 0 Å². The van der Waals surface area contributed by atoms with Crippen LogP contribution in [0.3, 0.4) is 0 Å². The van der Waals surface area contributed by atoms with Gasteiger partial charge in [-0.3, -0.25) is 0 Å². The molecule has 0 fully saturated rings. The third-order valence-electron chi connectivity index (χ3n) is 4.58. The standard InChI is InChI=1S/C12F26O2S/c13-1(14,3(17,18)5(21,22)7(25,26)9(29,30)11(33,34)35)2(15,16)4(19,20)6(23,24)8(27,28)10(31,32)12(36,37)41(38,39)40. The predicted octanol–water partition coefficient (Wildman–Crippen LogP) is 7.79. The van der Waals surface area contributed by atoms with Gasteiger partial charge >= 0.3 is 80.9 Å². The highest BCUT2D eigenvalue weighted by Gasteiger charge is 3.00. The molecule has 0 rings (SSSR count). The zero-order chi connectivity index (χ0) is 34.5. The zero-order valence-corrected chi connectivity index (χ0v) is 17.9. The maximum absolute atomic E-state index is 13.5. The maximum Gasteiger partial charge on any atom is 0.460 e. The van der Waals surface area contributed by atoms with Gasteiger partial charge in [0.2, 0.25) is 0 Å².